The number of hydrazine groups is 1. The maximum absolute atomic E-state index is 11.9. The van der Waals surface area contributed by atoms with Crippen molar-refractivity contribution >= 4 is 0 Å². The fourth-order valence-electron chi connectivity index (χ4n) is 0.415. The lowest BCUT2D eigenvalue weighted by molar-refractivity contribution is 0.628. The number of benzene rings is 1. The van der Waals surface area contributed by atoms with E-state index in [0.29, 0.717) is 0 Å². The summed E-state index contributed by atoms with van der Waals surface area (Å²) in [5.41, 5.74) is 0. The van der Waals surface area contributed by atoms with Crippen molar-refractivity contribution in [2.45, 2.75) is 0 Å². The van der Waals surface area contributed by atoms with Crippen LogP contribution in [0.3, 0.4) is 0 Å². The molecular weight excluding hydrogens is 135 g/mol. The zero-order valence-electron chi connectivity index (χ0n) is 5.42. The monoisotopic (exact) mass is 146 g/mol. The van der Waals surface area contributed by atoms with Crippen LogP contribution in [-0.4, -0.2) is 5.48 Å². The number of rotatable bonds is 0. The van der Waals surface area contributed by atoms with Gasteiger partial charge in [0, 0.05) is 0 Å². The van der Waals surface area contributed by atoms with Gasteiger partial charge in [-0.05, 0) is 12.1 Å². The first-order valence-electron chi connectivity index (χ1n) is 2.43. The van der Waals surface area contributed by atoms with Gasteiger partial charge in [0.1, 0.15) is 5.82 Å². The SMILES string of the molecule is Fc1ccccc1.NN.O. The van der Waals surface area contributed by atoms with Crippen LogP contribution >= 0.6 is 0 Å². The van der Waals surface area contributed by atoms with Crippen molar-refractivity contribution in [2.24, 2.45) is 11.7 Å². The van der Waals surface area contributed by atoms with Gasteiger partial charge in [-0.1, -0.05) is 18.2 Å². The lowest BCUT2D eigenvalue weighted by Gasteiger charge is -1.78. The second-order valence-corrected chi connectivity index (χ2v) is 1.30. The summed E-state index contributed by atoms with van der Waals surface area (Å²) >= 11 is 0. The Balaban J connectivity index is 0. The molecule has 1 aromatic carbocycles. The molecule has 0 unspecified atom stereocenters. The van der Waals surface area contributed by atoms with E-state index in [9.17, 15) is 4.39 Å². The Morgan fingerprint density at radius 3 is 1.60 bits per heavy atom. The van der Waals surface area contributed by atoms with Crippen LogP contribution in [0.5, 0.6) is 0 Å². The predicted octanol–water partition coefficient (Wildman–Crippen LogP) is -0.180. The molecule has 4 heteroatoms. The van der Waals surface area contributed by atoms with Gasteiger partial charge in [-0.2, -0.15) is 0 Å². The van der Waals surface area contributed by atoms with Gasteiger partial charge in [0.15, 0.2) is 0 Å². The molecule has 0 spiro atoms. The molecule has 0 aliphatic heterocycles. The fraction of sp³-hybridized carbons (Fsp3) is 0. The van der Waals surface area contributed by atoms with Crippen LogP contribution in [0.25, 0.3) is 0 Å². The van der Waals surface area contributed by atoms with Crippen molar-refractivity contribution in [3.8, 4) is 0 Å². The van der Waals surface area contributed by atoms with Crippen molar-refractivity contribution in [1.82, 2.24) is 0 Å². The van der Waals surface area contributed by atoms with Crippen LogP contribution in [0.2, 0.25) is 0 Å². The number of hydrogen-bond acceptors (Lipinski definition) is 2. The van der Waals surface area contributed by atoms with Crippen molar-refractivity contribution in [3.63, 3.8) is 0 Å². The van der Waals surface area contributed by atoms with Crippen LogP contribution in [-0.2, 0) is 0 Å². The van der Waals surface area contributed by atoms with Gasteiger partial charge in [0.05, 0.1) is 0 Å². The lowest BCUT2D eigenvalue weighted by atomic mass is 10.4. The number of halogens is 1. The molecule has 0 radical (unpaired) electrons. The Kier molecular flexibility index (Phi) is 9.46. The average Bonchev–Trinajstić information content (AvgIpc) is 1.94. The summed E-state index contributed by atoms with van der Waals surface area (Å²) in [4.78, 5) is 0. The van der Waals surface area contributed by atoms with E-state index in [1.807, 2.05) is 0 Å². The Morgan fingerprint density at radius 1 is 1.00 bits per heavy atom. The van der Waals surface area contributed by atoms with Crippen molar-refractivity contribution in [3.05, 3.63) is 36.1 Å². The molecular formula is C6H11FN2O. The van der Waals surface area contributed by atoms with Gasteiger partial charge in [-0.3, -0.25) is 11.7 Å². The van der Waals surface area contributed by atoms with Crippen molar-refractivity contribution in [2.75, 3.05) is 0 Å². The van der Waals surface area contributed by atoms with Crippen LogP contribution in [0.4, 0.5) is 4.39 Å². The minimum atomic E-state index is -0.178. The van der Waals surface area contributed by atoms with Crippen LogP contribution in [0.1, 0.15) is 0 Å². The largest absolute Gasteiger partial charge is 0.412 e. The zero-order chi connectivity index (χ0) is 7.11. The van der Waals surface area contributed by atoms with E-state index < -0.39 is 0 Å². The Hall–Kier alpha value is -0.970. The van der Waals surface area contributed by atoms with E-state index in [4.69, 9.17) is 0 Å². The highest BCUT2D eigenvalue weighted by atomic mass is 19.1. The van der Waals surface area contributed by atoms with Crippen LogP contribution in [0.15, 0.2) is 30.3 Å². The van der Waals surface area contributed by atoms with E-state index in [1.165, 1.54) is 12.1 Å². The summed E-state index contributed by atoms with van der Waals surface area (Å²) in [7, 11) is 0. The van der Waals surface area contributed by atoms with Crippen molar-refractivity contribution in [1.29, 1.82) is 0 Å². The highest BCUT2D eigenvalue weighted by Crippen LogP contribution is 1.91. The second kappa shape index (κ2) is 8.03. The van der Waals surface area contributed by atoms with Gasteiger partial charge in [-0.25, -0.2) is 4.39 Å². The molecule has 0 aromatic heterocycles. The first-order chi connectivity index (χ1) is 4.39. The summed E-state index contributed by atoms with van der Waals surface area (Å²) in [6.45, 7) is 0. The zero-order valence-corrected chi connectivity index (χ0v) is 5.42. The summed E-state index contributed by atoms with van der Waals surface area (Å²) in [5.74, 6) is 7.82. The Morgan fingerprint density at radius 2 is 1.40 bits per heavy atom. The summed E-state index contributed by atoms with van der Waals surface area (Å²) < 4.78 is 11.9. The predicted molar refractivity (Wildman–Crippen MR) is 38.4 cm³/mol. The van der Waals surface area contributed by atoms with Crippen LogP contribution in [0, 0.1) is 5.82 Å². The Labute approximate surface area is 58.7 Å². The molecule has 0 saturated heterocycles. The molecule has 1 aromatic rings. The standard InChI is InChI=1S/C6H5F.H4N2.H2O/c7-6-4-2-1-3-5-6;1-2;/h1-5H;1-2H2;1H2. The number of nitrogens with two attached hydrogens (primary N) is 2. The minimum absolute atomic E-state index is 0. The summed E-state index contributed by atoms with van der Waals surface area (Å²) in [6, 6.07) is 7.94. The molecule has 1 rings (SSSR count). The highest BCUT2D eigenvalue weighted by molar-refractivity contribution is 5.02. The molecule has 0 bridgehead atoms. The Bertz CT molecular complexity index is 146. The molecule has 10 heavy (non-hydrogen) atoms. The molecule has 0 amide bonds. The van der Waals surface area contributed by atoms with Gasteiger partial charge >= 0.3 is 0 Å². The molecule has 0 saturated carbocycles. The smallest absolute Gasteiger partial charge is 0.123 e. The lowest BCUT2D eigenvalue weighted by Crippen LogP contribution is -2.02. The third-order valence-electron chi connectivity index (χ3n) is 0.733. The van der Waals surface area contributed by atoms with E-state index >= 15 is 0 Å². The number of hydrogen-bond donors (Lipinski definition) is 2. The summed E-state index contributed by atoms with van der Waals surface area (Å²) in [6.07, 6.45) is 0. The summed E-state index contributed by atoms with van der Waals surface area (Å²) in [5, 5.41) is 0. The third kappa shape index (κ3) is 5.17. The molecule has 0 heterocycles. The molecule has 0 aliphatic carbocycles. The topological polar surface area (TPSA) is 83.5 Å². The molecule has 6 N–H and O–H groups in total. The fourth-order valence-corrected chi connectivity index (χ4v) is 0.415. The molecule has 0 atom stereocenters. The second-order valence-electron chi connectivity index (χ2n) is 1.30. The van der Waals surface area contributed by atoms with E-state index in [0.717, 1.165) is 0 Å². The van der Waals surface area contributed by atoms with Gasteiger partial charge in [0.25, 0.3) is 0 Å². The normalized spacial score (nSPS) is 6.70. The van der Waals surface area contributed by atoms with Crippen LogP contribution < -0.4 is 11.7 Å². The van der Waals surface area contributed by atoms with E-state index in [1.54, 1.807) is 18.2 Å². The molecule has 0 aliphatic rings. The van der Waals surface area contributed by atoms with E-state index in [2.05, 4.69) is 11.7 Å². The van der Waals surface area contributed by atoms with E-state index in [-0.39, 0.29) is 11.3 Å². The quantitative estimate of drug-likeness (QED) is 0.393. The van der Waals surface area contributed by atoms with Gasteiger partial charge in [-0.15, -0.1) is 0 Å². The van der Waals surface area contributed by atoms with Gasteiger partial charge in [0.2, 0.25) is 0 Å². The maximum atomic E-state index is 11.9. The first kappa shape index (κ1) is 11.8. The molecule has 3 nitrogen and oxygen atoms in total. The average molecular weight is 146 g/mol. The molecule has 0 fully saturated rings. The van der Waals surface area contributed by atoms with Crippen molar-refractivity contribution < 1.29 is 9.87 Å². The highest BCUT2D eigenvalue weighted by Gasteiger charge is 1.77. The van der Waals surface area contributed by atoms with Gasteiger partial charge < -0.3 is 5.48 Å². The molecule has 58 valence electrons. The first-order valence-corrected chi connectivity index (χ1v) is 2.43. The minimum Gasteiger partial charge on any atom is -0.412 e. The maximum Gasteiger partial charge on any atom is 0.123 e. The third-order valence-corrected chi connectivity index (χ3v) is 0.733.